The Labute approximate surface area is 136 Å². The second-order valence-corrected chi connectivity index (χ2v) is 6.52. The topological polar surface area (TPSA) is 29.1 Å². The first-order valence-corrected chi connectivity index (χ1v) is 7.88. The molecule has 0 unspecified atom stereocenters. The number of aryl methyl sites for hydroxylation is 1. The van der Waals surface area contributed by atoms with Gasteiger partial charge in [0.2, 0.25) is 0 Å². The van der Waals surface area contributed by atoms with Crippen LogP contribution in [0, 0.1) is 6.92 Å². The minimum absolute atomic E-state index is 0.244. The molecule has 0 aliphatic rings. The average molecular weight is 336 g/mol. The van der Waals surface area contributed by atoms with Crippen LogP contribution in [0.1, 0.15) is 15.2 Å². The van der Waals surface area contributed by atoms with Gasteiger partial charge in [-0.1, -0.05) is 47.5 Å². The third kappa shape index (κ3) is 2.77. The normalized spacial score (nSPS) is 10.8. The molecule has 0 fully saturated rings. The van der Waals surface area contributed by atoms with Crippen molar-refractivity contribution in [3.63, 3.8) is 0 Å². The van der Waals surface area contributed by atoms with Crippen molar-refractivity contribution in [1.29, 1.82) is 0 Å². The average Bonchev–Trinajstić information content (AvgIpc) is 2.78. The Hall–Kier alpha value is -1.55. The molecule has 0 bridgehead atoms. The molecular weight excluding hydrogens is 325 g/mol. The maximum Gasteiger partial charge on any atom is 0.267 e. The summed E-state index contributed by atoms with van der Waals surface area (Å²) in [6, 6.07) is 13.1. The highest BCUT2D eigenvalue weighted by molar-refractivity contribution is 7.21. The zero-order valence-electron chi connectivity index (χ0n) is 11.1. The molecule has 3 rings (SSSR count). The van der Waals surface area contributed by atoms with Crippen LogP contribution in [-0.2, 0) is 0 Å². The predicted molar refractivity (Wildman–Crippen MR) is 91.0 cm³/mol. The standard InChI is InChI=1S/C16H11Cl2NOS/c1-9-6-7-10-13(8-9)21-15(14(10)18)16(20)19-12-5-3-2-4-11(12)17/h2-8H,1H3,(H,19,20). The van der Waals surface area contributed by atoms with Gasteiger partial charge in [-0.05, 0) is 30.7 Å². The lowest BCUT2D eigenvalue weighted by atomic mass is 10.2. The van der Waals surface area contributed by atoms with E-state index < -0.39 is 0 Å². The predicted octanol–water partition coefficient (Wildman–Crippen LogP) is 5.77. The second-order valence-electron chi connectivity index (χ2n) is 4.68. The second kappa shape index (κ2) is 5.68. The minimum atomic E-state index is -0.244. The first-order valence-electron chi connectivity index (χ1n) is 6.31. The monoisotopic (exact) mass is 335 g/mol. The van der Waals surface area contributed by atoms with Crippen LogP contribution in [0.3, 0.4) is 0 Å². The highest BCUT2D eigenvalue weighted by atomic mass is 35.5. The molecule has 2 aromatic carbocycles. The summed E-state index contributed by atoms with van der Waals surface area (Å²) in [5.74, 6) is -0.244. The quantitative estimate of drug-likeness (QED) is 0.632. The fourth-order valence-corrected chi connectivity index (χ4v) is 3.75. The molecule has 106 valence electrons. The number of benzene rings is 2. The third-order valence-corrected chi connectivity index (χ3v) is 5.10. The maximum atomic E-state index is 12.4. The Balaban J connectivity index is 1.98. The number of carbonyl (C=O) groups excluding carboxylic acids is 1. The molecule has 21 heavy (non-hydrogen) atoms. The zero-order valence-corrected chi connectivity index (χ0v) is 13.4. The Morgan fingerprint density at radius 2 is 1.90 bits per heavy atom. The summed E-state index contributed by atoms with van der Waals surface area (Å²) >= 11 is 13.8. The highest BCUT2D eigenvalue weighted by Crippen LogP contribution is 2.36. The van der Waals surface area contributed by atoms with Crippen molar-refractivity contribution in [2.75, 3.05) is 5.32 Å². The lowest BCUT2D eigenvalue weighted by Crippen LogP contribution is -2.10. The van der Waals surface area contributed by atoms with Gasteiger partial charge < -0.3 is 5.32 Å². The summed E-state index contributed by atoms with van der Waals surface area (Å²) in [5, 5.41) is 4.68. The molecule has 0 atom stereocenters. The fourth-order valence-electron chi connectivity index (χ4n) is 2.06. The lowest BCUT2D eigenvalue weighted by Gasteiger charge is -2.05. The number of amides is 1. The first-order chi connectivity index (χ1) is 10.1. The molecule has 0 aliphatic carbocycles. The molecule has 1 aromatic heterocycles. The number of para-hydroxylation sites is 1. The van der Waals surface area contributed by atoms with E-state index >= 15 is 0 Å². The number of anilines is 1. The van der Waals surface area contributed by atoms with E-state index in [2.05, 4.69) is 5.32 Å². The Morgan fingerprint density at radius 3 is 2.67 bits per heavy atom. The first kappa shape index (κ1) is 14.4. The van der Waals surface area contributed by atoms with Crippen LogP contribution in [0.5, 0.6) is 0 Å². The zero-order chi connectivity index (χ0) is 15.0. The van der Waals surface area contributed by atoms with E-state index in [0.717, 1.165) is 15.6 Å². The summed E-state index contributed by atoms with van der Waals surface area (Å²) < 4.78 is 1.00. The van der Waals surface area contributed by atoms with Gasteiger partial charge in [-0.25, -0.2) is 0 Å². The smallest absolute Gasteiger partial charge is 0.267 e. The number of fused-ring (bicyclic) bond motifs is 1. The van der Waals surface area contributed by atoms with Gasteiger partial charge in [0.25, 0.3) is 5.91 Å². The molecule has 0 spiro atoms. The molecule has 1 heterocycles. The van der Waals surface area contributed by atoms with Gasteiger partial charge in [-0.3, -0.25) is 4.79 Å². The lowest BCUT2D eigenvalue weighted by molar-refractivity contribution is 0.103. The number of thiophene rings is 1. The molecule has 0 saturated heterocycles. The van der Waals surface area contributed by atoms with E-state index in [-0.39, 0.29) is 5.91 Å². The van der Waals surface area contributed by atoms with Gasteiger partial charge in [0, 0.05) is 10.1 Å². The SMILES string of the molecule is Cc1ccc2c(Cl)c(C(=O)Nc3ccccc3Cl)sc2c1. The van der Waals surface area contributed by atoms with Crippen molar-refractivity contribution in [3.8, 4) is 0 Å². The number of hydrogen-bond donors (Lipinski definition) is 1. The number of nitrogens with one attached hydrogen (secondary N) is 1. The Morgan fingerprint density at radius 1 is 1.14 bits per heavy atom. The van der Waals surface area contributed by atoms with Crippen LogP contribution in [0.25, 0.3) is 10.1 Å². The van der Waals surface area contributed by atoms with E-state index in [9.17, 15) is 4.79 Å². The van der Waals surface area contributed by atoms with E-state index in [1.807, 2.05) is 37.3 Å². The van der Waals surface area contributed by atoms with Crippen LogP contribution in [0.2, 0.25) is 10.0 Å². The van der Waals surface area contributed by atoms with Gasteiger partial charge in [-0.2, -0.15) is 0 Å². The van der Waals surface area contributed by atoms with Gasteiger partial charge in [-0.15, -0.1) is 11.3 Å². The summed E-state index contributed by atoms with van der Waals surface area (Å²) in [6.45, 7) is 2.01. The van der Waals surface area contributed by atoms with Crippen LogP contribution in [0.15, 0.2) is 42.5 Å². The highest BCUT2D eigenvalue weighted by Gasteiger charge is 2.17. The summed E-state index contributed by atoms with van der Waals surface area (Å²) in [7, 11) is 0. The minimum Gasteiger partial charge on any atom is -0.320 e. The van der Waals surface area contributed by atoms with Crippen molar-refractivity contribution in [3.05, 3.63) is 63.0 Å². The van der Waals surface area contributed by atoms with Gasteiger partial charge in [0.1, 0.15) is 4.88 Å². The largest absolute Gasteiger partial charge is 0.320 e. The number of halogens is 2. The van der Waals surface area contributed by atoms with E-state index in [1.165, 1.54) is 11.3 Å². The van der Waals surface area contributed by atoms with Gasteiger partial charge >= 0.3 is 0 Å². The van der Waals surface area contributed by atoms with E-state index in [0.29, 0.717) is 20.6 Å². The molecule has 0 aliphatic heterocycles. The summed E-state index contributed by atoms with van der Waals surface area (Å²) in [6.07, 6.45) is 0. The molecular formula is C16H11Cl2NOS. The molecule has 1 amide bonds. The van der Waals surface area contributed by atoms with E-state index in [1.54, 1.807) is 12.1 Å². The summed E-state index contributed by atoms with van der Waals surface area (Å²) in [5.41, 5.74) is 1.72. The van der Waals surface area contributed by atoms with Crippen LogP contribution in [-0.4, -0.2) is 5.91 Å². The number of rotatable bonds is 2. The third-order valence-electron chi connectivity index (χ3n) is 3.11. The molecule has 3 aromatic rings. The molecule has 2 nitrogen and oxygen atoms in total. The number of hydrogen-bond acceptors (Lipinski definition) is 2. The van der Waals surface area contributed by atoms with Crippen molar-refractivity contribution in [2.24, 2.45) is 0 Å². The van der Waals surface area contributed by atoms with Crippen molar-refractivity contribution >= 4 is 56.2 Å². The van der Waals surface area contributed by atoms with Crippen LogP contribution < -0.4 is 5.32 Å². The Bertz CT molecular complexity index is 841. The van der Waals surface area contributed by atoms with E-state index in [4.69, 9.17) is 23.2 Å². The maximum absolute atomic E-state index is 12.4. The molecule has 5 heteroatoms. The Kier molecular flexibility index (Phi) is 3.89. The molecule has 0 saturated carbocycles. The van der Waals surface area contributed by atoms with Crippen molar-refractivity contribution in [1.82, 2.24) is 0 Å². The van der Waals surface area contributed by atoms with Crippen LogP contribution >= 0.6 is 34.5 Å². The van der Waals surface area contributed by atoms with Crippen molar-refractivity contribution in [2.45, 2.75) is 6.92 Å². The van der Waals surface area contributed by atoms with Gasteiger partial charge in [0.15, 0.2) is 0 Å². The molecule has 1 N–H and O–H groups in total. The van der Waals surface area contributed by atoms with Crippen molar-refractivity contribution < 1.29 is 4.79 Å². The van der Waals surface area contributed by atoms with Crippen LogP contribution in [0.4, 0.5) is 5.69 Å². The fraction of sp³-hybridized carbons (Fsp3) is 0.0625. The van der Waals surface area contributed by atoms with Gasteiger partial charge in [0.05, 0.1) is 15.7 Å². The molecule has 0 radical (unpaired) electrons. The summed E-state index contributed by atoms with van der Waals surface area (Å²) in [4.78, 5) is 12.9. The number of carbonyl (C=O) groups is 1.